The molecule has 25 heavy (non-hydrogen) atoms. The van der Waals surface area contributed by atoms with Crippen molar-refractivity contribution in [3.63, 3.8) is 0 Å². The topological polar surface area (TPSA) is 74.3 Å². The van der Waals surface area contributed by atoms with Gasteiger partial charge in [0.2, 0.25) is 5.91 Å². The quantitative estimate of drug-likeness (QED) is 0.878. The molecule has 3 rings (SSSR count). The number of carbonyl (C=O) groups excluding carboxylic acids is 2. The predicted octanol–water partition coefficient (Wildman–Crippen LogP) is 2.90. The Morgan fingerprint density at radius 2 is 2.28 bits per heavy atom. The standard InChI is InChI=1S/C17H19FN4O2S/c1-11-20-14(10-25-11)9-19-16(23)15-6-3-7-22(15)17(24)21-13-5-2-4-12(18)8-13/h2,4-5,8,10,15H,3,6-7,9H2,1H3,(H,19,23)(H,21,24)/t15-/m1/s1. The molecule has 0 radical (unpaired) electrons. The molecule has 8 heteroatoms. The van der Waals surface area contributed by atoms with Crippen molar-refractivity contribution in [2.75, 3.05) is 11.9 Å². The Balaban J connectivity index is 1.59. The highest BCUT2D eigenvalue weighted by atomic mass is 32.1. The third kappa shape index (κ3) is 4.33. The van der Waals surface area contributed by atoms with Crippen LogP contribution in [0.25, 0.3) is 0 Å². The first kappa shape index (κ1) is 17.3. The van der Waals surface area contributed by atoms with Gasteiger partial charge >= 0.3 is 6.03 Å². The number of hydrogen-bond acceptors (Lipinski definition) is 4. The highest BCUT2D eigenvalue weighted by Crippen LogP contribution is 2.20. The Morgan fingerprint density at radius 1 is 1.44 bits per heavy atom. The third-order valence-electron chi connectivity index (χ3n) is 4.00. The number of benzene rings is 1. The van der Waals surface area contributed by atoms with Crippen molar-refractivity contribution in [2.24, 2.45) is 0 Å². The number of aryl methyl sites for hydroxylation is 1. The first-order valence-corrected chi connectivity index (χ1v) is 8.93. The lowest BCUT2D eigenvalue weighted by atomic mass is 10.2. The van der Waals surface area contributed by atoms with E-state index in [2.05, 4.69) is 15.6 Å². The second-order valence-electron chi connectivity index (χ2n) is 5.87. The highest BCUT2D eigenvalue weighted by Gasteiger charge is 2.34. The van der Waals surface area contributed by atoms with Crippen LogP contribution in [0, 0.1) is 12.7 Å². The summed E-state index contributed by atoms with van der Waals surface area (Å²) in [5.41, 5.74) is 1.18. The minimum Gasteiger partial charge on any atom is -0.349 e. The van der Waals surface area contributed by atoms with Gasteiger partial charge in [0.05, 0.1) is 17.2 Å². The van der Waals surface area contributed by atoms with E-state index in [1.54, 1.807) is 6.07 Å². The van der Waals surface area contributed by atoms with Crippen LogP contribution >= 0.6 is 11.3 Å². The molecule has 1 aliphatic rings. The van der Waals surface area contributed by atoms with Crippen molar-refractivity contribution < 1.29 is 14.0 Å². The average Bonchev–Trinajstić information content (AvgIpc) is 3.21. The molecule has 3 amide bonds. The smallest absolute Gasteiger partial charge is 0.322 e. The molecular formula is C17H19FN4O2S. The number of likely N-dealkylation sites (tertiary alicyclic amines) is 1. The van der Waals surface area contributed by atoms with Crippen LogP contribution in [0.4, 0.5) is 14.9 Å². The summed E-state index contributed by atoms with van der Waals surface area (Å²) in [6.45, 7) is 2.75. The molecule has 0 bridgehead atoms. The van der Waals surface area contributed by atoms with Crippen LogP contribution in [0.2, 0.25) is 0 Å². The normalized spacial score (nSPS) is 16.7. The maximum Gasteiger partial charge on any atom is 0.322 e. The van der Waals surface area contributed by atoms with E-state index in [-0.39, 0.29) is 5.91 Å². The molecule has 1 atom stereocenters. The summed E-state index contributed by atoms with van der Waals surface area (Å²) in [4.78, 5) is 30.6. The summed E-state index contributed by atoms with van der Waals surface area (Å²) in [5, 5.41) is 8.33. The predicted molar refractivity (Wildman–Crippen MR) is 93.8 cm³/mol. The molecule has 1 saturated heterocycles. The van der Waals surface area contributed by atoms with Gasteiger partial charge in [-0.2, -0.15) is 0 Å². The van der Waals surface area contributed by atoms with Gasteiger partial charge in [-0.05, 0) is 38.0 Å². The molecule has 0 spiro atoms. The Kier molecular flexibility index (Phi) is 5.28. The number of nitrogens with zero attached hydrogens (tertiary/aromatic N) is 2. The number of urea groups is 1. The monoisotopic (exact) mass is 362 g/mol. The number of hydrogen-bond donors (Lipinski definition) is 2. The summed E-state index contributed by atoms with van der Waals surface area (Å²) in [5.74, 6) is -0.621. The second-order valence-corrected chi connectivity index (χ2v) is 6.93. The Hall–Kier alpha value is -2.48. The lowest BCUT2D eigenvalue weighted by Crippen LogP contribution is -2.47. The average molecular weight is 362 g/mol. The molecule has 2 heterocycles. The largest absolute Gasteiger partial charge is 0.349 e. The summed E-state index contributed by atoms with van der Waals surface area (Å²) >= 11 is 1.53. The maximum atomic E-state index is 13.2. The van der Waals surface area contributed by atoms with E-state index in [0.717, 1.165) is 17.1 Å². The number of nitrogens with one attached hydrogen (secondary N) is 2. The van der Waals surface area contributed by atoms with Crippen LogP contribution in [-0.2, 0) is 11.3 Å². The summed E-state index contributed by atoms with van der Waals surface area (Å²) in [6.07, 6.45) is 1.36. The minimum atomic E-state index is -0.520. The van der Waals surface area contributed by atoms with Crippen molar-refractivity contribution in [1.82, 2.24) is 15.2 Å². The Morgan fingerprint density at radius 3 is 3.00 bits per heavy atom. The molecule has 1 fully saturated rings. The van der Waals surface area contributed by atoms with Crippen LogP contribution in [0.1, 0.15) is 23.5 Å². The summed E-state index contributed by atoms with van der Waals surface area (Å²) < 4.78 is 13.2. The van der Waals surface area contributed by atoms with Crippen LogP contribution in [-0.4, -0.2) is 34.4 Å². The van der Waals surface area contributed by atoms with Crippen LogP contribution in [0.15, 0.2) is 29.6 Å². The van der Waals surface area contributed by atoms with Gasteiger partial charge in [-0.25, -0.2) is 14.2 Å². The van der Waals surface area contributed by atoms with Gasteiger partial charge in [-0.3, -0.25) is 4.79 Å². The number of aromatic nitrogens is 1. The molecule has 1 aromatic heterocycles. The molecule has 1 aromatic carbocycles. The van der Waals surface area contributed by atoms with Crippen molar-refractivity contribution in [1.29, 1.82) is 0 Å². The van der Waals surface area contributed by atoms with Crippen LogP contribution in [0.5, 0.6) is 0 Å². The van der Waals surface area contributed by atoms with Crippen molar-refractivity contribution in [3.05, 3.63) is 46.2 Å². The van der Waals surface area contributed by atoms with Gasteiger partial charge in [-0.1, -0.05) is 6.07 Å². The molecule has 132 valence electrons. The number of rotatable bonds is 4. The van der Waals surface area contributed by atoms with E-state index < -0.39 is 17.9 Å². The molecular weight excluding hydrogens is 343 g/mol. The second kappa shape index (κ2) is 7.60. The van der Waals surface area contributed by atoms with E-state index in [1.165, 1.54) is 34.4 Å². The molecule has 1 aliphatic heterocycles. The van der Waals surface area contributed by atoms with Gasteiger partial charge in [0.25, 0.3) is 0 Å². The number of thiazole rings is 1. The molecule has 0 saturated carbocycles. The van der Waals surface area contributed by atoms with Gasteiger partial charge in [0.15, 0.2) is 0 Å². The van der Waals surface area contributed by atoms with E-state index >= 15 is 0 Å². The van der Waals surface area contributed by atoms with E-state index in [0.29, 0.717) is 25.2 Å². The number of carbonyl (C=O) groups is 2. The van der Waals surface area contributed by atoms with Crippen LogP contribution < -0.4 is 10.6 Å². The molecule has 2 N–H and O–H groups in total. The number of halogens is 1. The fraction of sp³-hybridized carbons (Fsp3) is 0.353. The van der Waals surface area contributed by atoms with Crippen molar-refractivity contribution >= 4 is 29.0 Å². The molecule has 0 unspecified atom stereocenters. The Labute approximate surface area is 149 Å². The van der Waals surface area contributed by atoms with E-state index in [9.17, 15) is 14.0 Å². The zero-order valence-electron chi connectivity index (χ0n) is 13.8. The molecule has 6 nitrogen and oxygen atoms in total. The van der Waals surface area contributed by atoms with Crippen molar-refractivity contribution in [2.45, 2.75) is 32.4 Å². The summed E-state index contributed by atoms with van der Waals surface area (Å²) in [6, 6.07) is 4.77. The minimum absolute atomic E-state index is 0.197. The zero-order valence-corrected chi connectivity index (χ0v) is 14.6. The first-order valence-electron chi connectivity index (χ1n) is 8.05. The lowest BCUT2D eigenvalue weighted by molar-refractivity contribution is -0.124. The summed E-state index contributed by atoms with van der Waals surface area (Å²) in [7, 11) is 0. The number of anilines is 1. The number of amides is 3. The fourth-order valence-corrected chi connectivity index (χ4v) is 3.44. The van der Waals surface area contributed by atoms with Crippen molar-refractivity contribution in [3.8, 4) is 0 Å². The first-order chi connectivity index (χ1) is 12.0. The highest BCUT2D eigenvalue weighted by molar-refractivity contribution is 7.09. The fourth-order valence-electron chi connectivity index (χ4n) is 2.83. The SMILES string of the molecule is Cc1nc(CNC(=O)[C@H]2CCCN2C(=O)Nc2cccc(F)c2)cs1. The third-order valence-corrected chi connectivity index (χ3v) is 4.82. The van der Waals surface area contributed by atoms with E-state index in [1.807, 2.05) is 12.3 Å². The van der Waals surface area contributed by atoms with Crippen LogP contribution in [0.3, 0.4) is 0 Å². The Bertz CT molecular complexity index is 780. The molecule has 0 aliphatic carbocycles. The maximum absolute atomic E-state index is 13.2. The lowest BCUT2D eigenvalue weighted by Gasteiger charge is -2.24. The zero-order chi connectivity index (χ0) is 17.8. The van der Waals surface area contributed by atoms with Gasteiger partial charge in [-0.15, -0.1) is 11.3 Å². The van der Waals surface area contributed by atoms with Gasteiger partial charge < -0.3 is 15.5 Å². The molecule has 2 aromatic rings. The van der Waals surface area contributed by atoms with Gasteiger partial charge in [0, 0.05) is 17.6 Å². The van der Waals surface area contributed by atoms with E-state index in [4.69, 9.17) is 0 Å². The van der Waals surface area contributed by atoms with Gasteiger partial charge in [0.1, 0.15) is 11.9 Å².